The van der Waals surface area contributed by atoms with Crippen LogP contribution < -0.4 is 5.32 Å². The van der Waals surface area contributed by atoms with Gasteiger partial charge in [0.2, 0.25) is 11.8 Å². The first kappa shape index (κ1) is 17.5. The molecule has 0 aliphatic rings. The van der Waals surface area contributed by atoms with E-state index < -0.39 is 5.97 Å². The van der Waals surface area contributed by atoms with Crippen molar-refractivity contribution in [3.8, 4) is 11.4 Å². The molecule has 0 fully saturated rings. The molecule has 3 aromatic rings. The van der Waals surface area contributed by atoms with E-state index in [4.69, 9.17) is 9.26 Å². The van der Waals surface area contributed by atoms with E-state index >= 15 is 0 Å². The van der Waals surface area contributed by atoms with Gasteiger partial charge in [0.05, 0.1) is 6.42 Å². The van der Waals surface area contributed by atoms with Gasteiger partial charge < -0.3 is 14.6 Å². The highest BCUT2D eigenvalue weighted by Crippen LogP contribution is 2.19. The van der Waals surface area contributed by atoms with Crippen LogP contribution >= 0.6 is 0 Å². The van der Waals surface area contributed by atoms with E-state index in [2.05, 4.69) is 25.4 Å². The SMILES string of the molecule is Cc1ccc(-c2noc(COC(=O)CCNc3ncccn3)n2)cc1F. The molecule has 2 aromatic heterocycles. The lowest BCUT2D eigenvalue weighted by molar-refractivity contribution is -0.145. The number of carbonyl (C=O) groups is 1. The van der Waals surface area contributed by atoms with Gasteiger partial charge in [-0.25, -0.2) is 14.4 Å². The molecular weight excluding hydrogens is 341 g/mol. The van der Waals surface area contributed by atoms with Crippen molar-refractivity contribution in [1.29, 1.82) is 0 Å². The molecule has 2 heterocycles. The highest BCUT2D eigenvalue weighted by atomic mass is 19.1. The second kappa shape index (κ2) is 8.15. The summed E-state index contributed by atoms with van der Waals surface area (Å²) in [7, 11) is 0. The van der Waals surface area contributed by atoms with Crippen LogP contribution in [0, 0.1) is 12.7 Å². The predicted octanol–water partition coefficient (Wildman–Crippen LogP) is 2.52. The number of hydrogen-bond acceptors (Lipinski definition) is 8. The summed E-state index contributed by atoms with van der Waals surface area (Å²) in [6, 6.07) is 6.34. The van der Waals surface area contributed by atoms with Gasteiger partial charge in [-0.3, -0.25) is 4.79 Å². The van der Waals surface area contributed by atoms with Gasteiger partial charge in [-0.05, 0) is 24.6 Å². The lowest BCUT2D eigenvalue weighted by Gasteiger charge is -2.03. The molecule has 0 bridgehead atoms. The molecule has 0 saturated carbocycles. The number of rotatable bonds is 7. The lowest BCUT2D eigenvalue weighted by Crippen LogP contribution is -2.12. The maximum absolute atomic E-state index is 13.6. The lowest BCUT2D eigenvalue weighted by atomic mass is 10.1. The number of aromatic nitrogens is 4. The summed E-state index contributed by atoms with van der Waals surface area (Å²) in [5.74, 6) is 0.0171. The average molecular weight is 357 g/mol. The summed E-state index contributed by atoms with van der Waals surface area (Å²) >= 11 is 0. The Morgan fingerprint density at radius 2 is 2.12 bits per heavy atom. The third kappa shape index (κ3) is 4.59. The maximum atomic E-state index is 13.6. The third-order valence-corrected chi connectivity index (χ3v) is 3.43. The van der Waals surface area contributed by atoms with Crippen molar-refractivity contribution in [2.24, 2.45) is 0 Å². The number of carbonyl (C=O) groups excluding carboxylic acids is 1. The Balaban J connectivity index is 1.47. The first-order valence-corrected chi connectivity index (χ1v) is 7.87. The number of benzene rings is 1. The second-order valence-corrected chi connectivity index (χ2v) is 5.39. The van der Waals surface area contributed by atoms with E-state index in [1.54, 1.807) is 37.5 Å². The van der Waals surface area contributed by atoms with E-state index in [1.807, 2.05) is 0 Å². The van der Waals surface area contributed by atoms with Crippen molar-refractivity contribution < 1.29 is 18.4 Å². The maximum Gasteiger partial charge on any atom is 0.308 e. The molecule has 26 heavy (non-hydrogen) atoms. The van der Waals surface area contributed by atoms with Gasteiger partial charge in [0, 0.05) is 24.5 Å². The zero-order chi connectivity index (χ0) is 18.4. The Hall–Kier alpha value is -3.36. The number of hydrogen-bond donors (Lipinski definition) is 1. The molecule has 8 nitrogen and oxygen atoms in total. The van der Waals surface area contributed by atoms with Crippen LogP contribution in [0.1, 0.15) is 17.9 Å². The summed E-state index contributed by atoms with van der Waals surface area (Å²) in [5.41, 5.74) is 1.02. The van der Waals surface area contributed by atoms with Crippen molar-refractivity contribution in [3.63, 3.8) is 0 Å². The van der Waals surface area contributed by atoms with Crippen LogP contribution in [0.15, 0.2) is 41.2 Å². The number of anilines is 1. The van der Waals surface area contributed by atoms with Crippen LogP contribution in [0.4, 0.5) is 10.3 Å². The smallest absolute Gasteiger partial charge is 0.308 e. The average Bonchev–Trinajstić information content (AvgIpc) is 3.12. The van der Waals surface area contributed by atoms with Crippen molar-refractivity contribution in [3.05, 3.63) is 53.9 Å². The van der Waals surface area contributed by atoms with Gasteiger partial charge >= 0.3 is 5.97 Å². The fourth-order valence-electron chi connectivity index (χ4n) is 2.04. The molecule has 1 N–H and O–H groups in total. The minimum atomic E-state index is -0.436. The number of aryl methyl sites for hydroxylation is 1. The second-order valence-electron chi connectivity index (χ2n) is 5.39. The zero-order valence-electron chi connectivity index (χ0n) is 14.0. The largest absolute Gasteiger partial charge is 0.456 e. The molecule has 0 saturated heterocycles. The fourth-order valence-corrected chi connectivity index (χ4v) is 2.04. The topological polar surface area (TPSA) is 103 Å². The van der Waals surface area contributed by atoms with Crippen molar-refractivity contribution in [2.75, 3.05) is 11.9 Å². The zero-order valence-corrected chi connectivity index (χ0v) is 14.0. The number of nitrogens with one attached hydrogen (secondary N) is 1. The van der Waals surface area contributed by atoms with Gasteiger partial charge in [0.1, 0.15) is 5.82 Å². The van der Waals surface area contributed by atoms with Crippen LogP contribution in [0.2, 0.25) is 0 Å². The summed E-state index contributed by atoms with van der Waals surface area (Å²) in [6.45, 7) is 1.85. The molecule has 0 atom stereocenters. The Labute approximate surface area is 148 Å². The highest BCUT2D eigenvalue weighted by molar-refractivity contribution is 5.69. The standard InChI is InChI=1S/C17H16FN5O3/c1-11-3-4-12(9-13(11)18)16-22-14(26-23-16)10-25-15(24)5-8-21-17-19-6-2-7-20-17/h2-4,6-7,9H,5,8,10H2,1H3,(H,19,20,21). The van der Waals surface area contributed by atoms with Gasteiger partial charge in [-0.2, -0.15) is 4.98 Å². The number of esters is 1. The quantitative estimate of drug-likeness (QED) is 0.644. The predicted molar refractivity (Wildman–Crippen MR) is 89.4 cm³/mol. The van der Waals surface area contributed by atoms with E-state index in [1.165, 1.54) is 6.07 Å². The summed E-state index contributed by atoms with van der Waals surface area (Å²) in [4.78, 5) is 23.8. The monoisotopic (exact) mass is 357 g/mol. The number of halogens is 1. The highest BCUT2D eigenvalue weighted by Gasteiger charge is 2.12. The van der Waals surface area contributed by atoms with Crippen molar-refractivity contribution in [1.82, 2.24) is 20.1 Å². The van der Waals surface area contributed by atoms with Gasteiger partial charge in [-0.15, -0.1) is 0 Å². The summed E-state index contributed by atoms with van der Waals surface area (Å²) in [5, 5.41) is 6.66. The first-order valence-electron chi connectivity index (χ1n) is 7.87. The Kier molecular flexibility index (Phi) is 5.47. The van der Waals surface area contributed by atoms with E-state index in [-0.39, 0.29) is 30.6 Å². The van der Waals surface area contributed by atoms with Gasteiger partial charge in [-0.1, -0.05) is 17.3 Å². The number of ether oxygens (including phenoxy) is 1. The first-order chi connectivity index (χ1) is 12.6. The number of nitrogens with zero attached hydrogens (tertiary/aromatic N) is 4. The molecule has 0 radical (unpaired) electrons. The molecule has 3 rings (SSSR count). The molecule has 0 unspecified atom stereocenters. The Morgan fingerprint density at radius 3 is 2.88 bits per heavy atom. The molecular formula is C17H16FN5O3. The van der Waals surface area contributed by atoms with E-state index in [9.17, 15) is 9.18 Å². The molecule has 0 aliphatic heterocycles. The Morgan fingerprint density at radius 1 is 1.31 bits per heavy atom. The van der Waals surface area contributed by atoms with Crippen LogP contribution in [-0.2, 0) is 16.1 Å². The molecule has 9 heteroatoms. The van der Waals surface area contributed by atoms with Crippen LogP contribution in [-0.4, -0.2) is 32.6 Å². The molecule has 1 aromatic carbocycles. The van der Waals surface area contributed by atoms with E-state index in [0.29, 0.717) is 23.6 Å². The van der Waals surface area contributed by atoms with Crippen LogP contribution in [0.5, 0.6) is 0 Å². The molecule has 0 aliphatic carbocycles. The normalized spacial score (nSPS) is 10.5. The Bertz CT molecular complexity index is 885. The molecule has 0 spiro atoms. The fraction of sp³-hybridized carbons (Fsp3) is 0.235. The molecule has 0 amide bonds. The van der Waals surface area contributed by atoms with Crippen LogP contribution in [0.25, 0.3) is 11.4 Å². The van der Waals surface area contributed by atoms with Crippen LogP contribution in [0.3, 0.4) is 0 Å². The van der Waals surface area contributed by atoms with Crippen molar-refractivity contribution in [2.45, 2.75) is 20.0 Å². The van der Waals surface area contributed by atoms with E-state index in [0.717, 1.165) is 0 Å². The van der Waals surface area contributed by atoms with Crippen molar-refractivity contribution >= 4 is 11.9 Å². The summed E-state index contributed by atoms with van der Waals surface area (Å²) < 4.78 is 23.7. The summed E-state index contributed by atoms with van der Waals surface area (Å²) in [6.07, 6.45) is 3.32. The third-order valence-electron chi connectivity index (χ3n) is 3.43. The van der Waals surface area contributed by atoms with Gasteiger partial charge in [0.25, 0.3) is 5.89 Å². The minimum absolute atomic E-state index is 0.127. The van der Waals surface area contributed by atoms with Gasteiger partial charge in [0.15, 0.2) is 6.61 Å². The molecule has 134 valence electrons. The minimum Gasteiger partial charge on any atom is -0.456 e.